The minimum atomic E-state index is -0.00534. The third-order valence-electron chi connectivity index (χ3n) is 10.1. The molecule has 4 aliphatic rings. The van der Waals surface area contributed by atoms with Crippen molar-refractivity contribution in [3.05, 3.63) is 0 Å². The third-order valence-corrected chi connectivity index (χ3v) is 10.1. The number of hydrogen-bond donors (Lipinski definition) is 1. The second-order valence-corrected chi connectivity index (χ2v) is 11.1. The van der Waals surface area contributed by atoms with Crippen molar-refractivity contribution in [2.45, 2.75) is 104 Å². The fraction of sp³-hybridized carbons (Fsp3) is 1.00. The molecule has 0 aromatic heterocycles. The van der Waals surface area contributed by atoms with Crippen molar-refractivity contribution in [2.24, 2.45) is 46.3 Å². The molecule has 0 saturated heterocycles. The van der Waals surface area contributed by atoms with Gasteiger partial charge in [0.1, 0.15) is 0 Å². The fourth-order valence-electron chi connectivity index (χ4n) is 8.87. The third kappa shape index (κ3) is 2.74. The molecule has 4 aliphatic carbocycles. The minimum absolute atomic E-state index is 0.00534. The molecular weight excluding hydrogens is 304 g/mol. The van der Waals surface area contributed by atoms with E-state index in [0.717, 1.165) is 48.3 Å². The molecular formula is C24H42O. The van der Waals surface area contributed by atoms with Gasteiger partial charge in [0.05, 0.1) is 6.10 Å². The molecule has 0 amide bonds. The molecule has 1 unspecified atom stereocenters. The molecule has 0 bridgehead atoms. The molecule has 0 spiro atoms. The van der Waals surface area contributed by atoms with Gasteiger partial charge < -0.3 is 5.11 Å². The Labute approximate surface area is 156 Å². The van der Waals surface area contributed by atoms with Crippen molar-refractivity contribution in [1.82, 2.24) is 0 Å². The van der Waals surface area contributed by atoms with Crippen LogP contribution in [0.4, 0.5) is 0 Å². The molecule has 1 nitrogen and oxygen atoms in total. The molecule has 144 valence electrons. The topological polar surface area (TPSA) is 20.2 Å². The number of aliphatic hydroxyl groups excluding tert-OH is 1. The van der Waals surface area contributed by atoms with Gasteiger partial charge in [0.2, 0.25) is 0 Å². The Hall–Kier alpha value is -0.0400. The smallest absolute Gasteiger partial charge is 0.0543 e. The summed E-state index contributed by atoms with van der Waals surface area (Å²) < 4.78 is 0. The lowest BCUT2D eigenvalue weighted by atomic mass is 9.44. The average Bonchev–Trinajstić information content (AvgIpc) is 2.93. The van der Waals surface area contributed by atoms with Gasteiger partial charge in [-0.15, -0.1) is 0 Å². The van der Waals surface area contributed by atoms with E-state index in [2.05, 4.69) is 27.7 Å². The summed E-state index contributed by atoms with van der Waals surface area (Å²) in [5, 5.41) is 10.2. The fourth-order valence-corrected chi connectivity index (χ4v) is 8.87. The normalized spacial score (nSPS) is 53.6. The predicted octanol–water partition coefficient (Wildman–Crippen LogP) is 6.44. The van der Waals surface area contributed by atoms with Gasteiger partial charge in [-0.1, -0.05) is 40.5 Å². The van der Waals surface area contributed by atoms with Crippen LogP contribution in [0, 0.1) is 46.3 Å². The molecule has 4 fully saturated rings. The van der Waals surface area contributed by atoms with Crippen molar-refractivity contribution in [1.29, 1.82) is 0 Å². The highest BCUT2D eigenvalue weighted by Crippen LogP contribution is 2.68. The maximum atomic E-state index is 10.2. The molecule has 1 heteroatoms. The zero-order chi connectivity index (χ0) is 17.8. The van der Waals surface area contributed by atoms with E-state index in [1.807, 2.05) is 0 Å². The Kier molecular flexibility index (Phi) is 4.79. The van der Waals surface area contributed by atoms with E-state index >= 15 is 0 Å². The maximum Gasteiger partial charge on any atom is 0.0543 e. The largest absolute Gasteiger partial charge is 0.393 e. The van der Waals surface area contributed by atoms with E-state index in [0.29, 0.717) is 10.8 Å². The second-order valence-electron chi connectivity index (χ2n) is 11.1. The van der Waals surface area contributed by atoms with Crippen LogP contribution in [0.5, 0.6) is 0 Å². The van der Waals surface area contributed by atoms with Gasteiger partial charge in [-0.25, -0.2) is 0 Å². The molecule has 0 aliphatic heterocycles. The van der Waals surface area contributed by atoms with Gasteiger partial charge in [0.25, 0.3) is 0 Å². The summed E-state index contributed by atoms with van der Waals surface area (Å²) in [5.41, 5.74) is 1.17. The first-order valence-electron chi connectivity index (χ1n) is 11.6. The highest BCUT2D eigenvalue weighted by Gasteiger charge is 2.60. The summed E-state index contributed by atoms with van der Waals surface area (Å²) >= 11 is 0. The van der Waals surface area contributed by atoms with Crippen molar-refractivity contribution in [3.8, 4) is 0 Å². The van der Waals surface area contributed by atoms with Crippen LogP contribution in [-0.2, 0) is 0 Å². The minimum Gasteiger partial charge on any atom is -0.393 e. The zero-order valence-electron chi connectivity index (χ0n) is 17.3. The molecule has 0 heterocycles. The highest BCUT2D eigenvalue weighted by atomic mass is 16.3. The predicted molar refractivity (Wildman–Crippen MR) is 105 cm³/mol. The van der Waals surface area contributed by atoms with Gasteiger partial charge in [-0.2, -0.15) is 0 Å². The molecule has 4 rings (SSSR count). The Morgan fingerprint density at radius 2 is 1.64 bits per heavy atom. The quantitative estimate of drug-likeness (QED) is 0.623. The highest BCUT2D eigenvalue weighted by molar-refractivity contribution is 5.09. The van der Waals surface area contributed by atoms with Crippen LogP contribution < -0.4 is 0 Å². The maximum absolute atomic E-state index is 10.2. The van der Waals surface area contributed by atoms with Crippen LogP contribution >= 0.6 is 0 Å². The van der Waals surface area contributed by atoms with E-state index in [1.165, 1.54) is 57.8 Å². The summed E-state index contributed by atoms with van der Waals surface area (Å²) in [5.74, 6) is 5.66. The van der Waals surface area contributed by atoms with E-state index in [1.54, 1.807) is 0 Å². The van der Waals surface area contributed by atoms with Crippen molar-refractivity contribution in [3.63, 3.8) is 0 Å². The summed E-state index contributed by atoms with van der Waals surface area (Å²) in [6, 6.07) is 0. The van der Waals surface area contributed by atoms with E-state index in [9.17, 15) is 5.11 Å². The number of rotatable bonds is 3. The van der Waals surface area contributed by atoms with Crippen molar-refractivity contribution < 1.29 is 5.11 Å². The lowest BCUT2D eigenvalue weighted by molar-refractivity contribution is -0.129. The van der Waals surface area contributed by atoms with Crippen LogP contribution in [0.2, 0.25) is 0 Å². The first kappa shape index (κ1) is 18.3. The number of aliphatic hydroxyl groups is 1. The Morgan fingerprint density at radius 3 is 2.40 bits per heavy atom. The average molecular weight is 347 g/mol. The number of fused-ring (bicyclic) bond motifs is 5. The SMILES string of the molecule is CCC[C@@H](C)[C@H]1CC[C@H]2[C@@H]3CCC4C[C@@H](O)CC[C@]4(C)[C@H]3CC[C@]12C. The van der Waals surface area contributed by atoms with Crippen molar-refractivity contribution in [2.75, 3.05) is 0 Å². The van der Waals surface area contributed by atoms with E-state index in [-0.39, 0.29) is 6.10 Å². The Balaban J connectivity index is 1.56. The van der Waals surface area contributed by atoms with Gasteiger partial charge >= 0.3 is 0 Å². The first-order valence-corrected chi connectivity index (χ1v) is 11.6. The molecule has 0 aromatic rings. The summed E-state index contributed by atoms with van der Waals surface area (Å²) in [4.78, 5) is 0. The molecule has 4 saturated carbocycles. The summed E-state index contributed by atoms with van der Waals surface area (Å²) in [7, 11) is 0. The Bertz CT molecular complexity index is 486. The standard InChI is InChI=1S/C24H42O/c1-5-6-16(2)20-9-10-21-19-8-7-17-15-18(25)11-13-23(17,3)22(19)12-14-24(20,21)4/h16-22,25H,5-15H2,1-4H3/t16-,17?,18+,19+,20-,21+,22+,23+,24-/m1/s1. The Morgan fingerprint density at radius 1 is 0.920 bits per heavy atom. The monoisotopic (exact) mass is 346 g/mol. The zero-order valence-corrected chi connectivity index (χ0v) is 17.3. The lowest BCUT2D eigenvalue weighted by Crippen LogP contribution is -2.54. The number of hydrogen-bond acceptors (Lipinski definition) is 1. The van der Waals surface area contributed by atoms with E-state index < -0.39 is 0 Å². The molecule has 25 heavy (non-hydrogen) atoms. The van der Waals surface area contributed by atoms with Crippen LogP contribution in [0.3, 0.4) is 0 Å². The van der Waals surface area contributed by atoms with Crippen LogP contribution in [0.1, 0.15) is 98.3 Å². The molecule has 0 radical (unpaired) electrons. The van der Waals surface area contributed by atoms with Gasteiger partial charge in [0.15, 0.2) is 0 Å². The molecule has 9 atom stereocenters. The molecule has 1 N–H and O–H groups in total. The van der Waals surface area contributed by atoms with E-state index in [4.69, 9.17) is 0 Å². The summed E-state index contributed by atoms with van der Waals surface area (Å²) in [6.07, 6.45) is 15.1. The van der Waals surface area contributed by atoms with Crippen LogP contribution in [0.15, 0.2) is 0 Å². The van der Waals surface area contributed by atoms with Crippen LogP contribution in [0.25, 0.3) is 0 Å². The summed E-state index contributed by atoms with van der Waals surface area (Å²) in [6.45, 7) is 10.2. The van der Waals surface area contributed by atoms with Crippen LogP contribution in [-0.4, -0.2) is 11.2 Å². The first-order chi connectivity index (χ1) is 11.9. The van der Waals surface area contributed by atoms with Crippen molar-refractivity contribution >= 4 is 0 Å². The van der Waals surface area contributed by atoms with Gasteiger partial charge in [-0.3, -0.25) is 0 Å². The van der Waals surface area contributed by atoms with Gasteiger partial charge in [-0.05, 0) is 104 Å². The van der Waals surface area contributed by atoms with Gasteiger partial charge in [0, 0.05) is 0 Å². The molecule has 0 aromatic carbocycles. The second kappa shape index (κ2) is 6.54. The lowest BCUT2D eigenvalue weighted by Gasteiger charge is -2.61.